The molecule has 4 rings (SSSR count). The molecule has 0 spiro atoms. The zero-order valence-corrected chi connectivity index (χ0v) is 24.0. The van der Waals surface area contributed by atoms with Crippen molar-refractivity contribution >= 4 is 34.6 Å². The van der Waals surface area contributed by atoms with E-state index < -0.39 is 24.1 Å². The maximum Gasteiger partial charge on any atom is 0.419 e. The predicted octanol–water partition coefficient (Wildman–Crippen LogP) is 6.00. The summed E-state index contributed by atoms with van der Waals surface area (Å²) in [4.78, 5) is 28.8. The average Bonchev–Trinajstić information content (AvgIpc) is 3.35. The summed E-state index contributed by atoms with van der Waals surface area (Å²) in [6.07, 6.45) is -1.38. The number of methoxy groups -OCH3 is 2. The van der Waals surface area contributed by atoms with E-state index in [9.17, 15) is 18.4 Å². The van der Waals surface area contributed by atoms with Crippen LogP contribution in [0.2, 0.25) is 5.02 Å². The fourth-order valence-electron chi connectivity index (χ4n) is 5.04. The zero-order chi connectivity index (χ0) is 29.2. The van der Waals surface area contributed by atoms with Crippen LogP contribution in [-0.4, -0.2) is 78.9 Å². The number of benzene rings is 2. The molecule has 0 saturated carbocycles. The number of hydrogen-bond acceptors (Lipinski definition) is 7. The highest BCUT2D eigenvalue weighted by atomic mass is 35.5. The van der Waals surface area contributed by atoms with Crippen molar-refractivity contribution in [1.82, 2.24) is 14.4 Å². The first-order valence-corrected chi connectivity index (χ1v) is 13.3. The smallest absolute Gasteiger partial charge is 0.419 e. The first kappa shape index (κ1) is 29.8. The van der Waals surface area contributed by atoms with Gasteiger partial charge in [-0.2, -0.15) is 0 Å². The van der Waals surface area contributed by atoms with E-state index in [0.717, 1.165) is 16.5 Å². The third-order valence-corrected chi connectivity index (χ3v) is 7.14. The first-order valence-electron chi connectivity index (χ1n) is 12.9. The number of hydrogen-bond donors (Lipinski definition) is 0. The van der Waals surface area contributed by atoms with Crippen LogP contribution in [0.1, 0.15) is 48.3 Å². The van der Waals surface area contributed by atoms with E-state index in [4.69, 9.17) is 25.8 Å². The Bertz CT molecular complexity index is 1370. The number of halogens is 3. The van der Waals surface area contributed by atoms with Crippen molar-refractivity contribution in [1.29, 1.82) is 0 Å². The maximum absolute atomic E-state index is 13.3. The number of carbonyl (C=O) groups is 2. The molecular formula is C29H34ClF2N3O5. The van der Waals surface area contributed by atoms with E-state index in [1.165, 1.54) is 11.7 Å². The van der Waals surface area contributed by atoms with Gasteiger partial charge in [0.25, 0.3) is 6.43 Å². The topological polar surface area (TPSA) is 73.2 Å². The molecule has 1 aromatic heterocycles. The highest BCUT2D eigenvalue weighted by molar-refractivity contribution is 6.35. The molecular weight excluding hydrogens is 544 g/mol. The summed E-state index contributed by atoms with van der Waals surface area (Å²) >= 11 is 6.62. The van der Waals surface area contributed by atoms with Gasteiger partial charge in [0, 0.05) is 55.4 Å². The van der Waals surface area contributed by atoms with E-state index in [0.29, 0.717) is 48.0 Å². The van der Waals surface area contributed by atoms with Crippen molar-refractivity contribution in [3.05, 3.63) is 64.3 Å². The summed E-state index contributed by atoms with van der Waals surface area (Å²) in [7, 11) is 2.87. The SMILES string of the molecule is COC(=O)c1ccc([C@@H]2CN(CC(F)F)CCN2Cc2c(OC)cc(Cl)c3c2ccn3C(=O)OC(C)(C)C)cc1. The number of esters is 1. The molecule has 3 aromatic rings. The summed E-state index contributed by atoms with van der Waals surface area (Å²) in [6.45, 7) is 6.79. The minimum atomic E-state index is -2.45. The van der Waals surface area contributed by atoms with E-state index in [2.05, 4.69) is 4.90 Å². The standard InChI is InChI=1S/C29H34ClF2N3O5/c1-29(2,3)40-28(37)35-11-10-20-21(24(38-4)14-22(30)26(20)35)15-34-13-12-33(17-25(31)32)16-23(34)18-6-8-19(9-7-18)27(36)39-5/h6-11,14,23,25H,12-13,15-17H2,1-5H3/t23-/m0/s1. The highest BCUT2D eigenvalue weighted by Crippen LogP contribution is 2.38. The second-order valence-corrected chi connectivity index (χ2v) is 11.1. The largest absolute Gasteiger partial charge is 0.496 e. The van der Waals surface area contributed by atoms with Crippen LogP contribution in [0.5, 0.6) is 5.75 Å². The van der Waals surface area contributed by atoms with Crippen LogP contribution in [0.3, 0.4) is 0 Å². The fourth-order valence-corrected chi connectivity index (χ4v) is 5.33. The molecule has 2 aromatic carbocycles. The van der Waals surface area contributed by atoms with Crippen molar-refractivity contribution in [2.24, 2.45) is 0 Å². The molecule has 0 aliphatic carbocycles. The Hall–Kier alpha value is -3.21. The van der Waals surface area contributed by atoms with Gasteiger partial charge in [0.15, 0.2) is 0 Å². The number of aromatic nitrogens is 1. The molecule has 8 nitrogen and oxygen atoms in total. The van der Waals surface area contributed by atoms with E-state index in [1.54, 1.807) is 63.2 Å². The van der Waals surface area contributed by atoms with Crippen LogP contribution < -0.4 is 4.74 Å². The van der Waals surface area contributed by atoms with Crippen LogP contribution in [0.4, 0.5) is 13.6 Å². The third kappa shape index (κ3) is 6.56. The van der Waals surface area contributed by atoms with Crippen LogP contribution >= 0.6 is 11.6 Å². The normalized spacial score (nSPS) is 16.9. The fraction of sp³-hybridized carbons (Fsp3) is 0.448. The van der Waals surface area contributed by atoms with Gasteiger partial charge in [-0.3, -0.25) is 14.4 Å². The van der Waals surface area contributed by atoms with Crippen LogP contribution in [-0.2, 0) is 16.0 Å². The molecule has 0 bridgehead atoms. The summed E-state index contributed by atoms with van der Waals surface area (Å²) in [5.41, 5.74) is 1.90. The second-order valence-electron chi connectivity index (χ2n) is 10.7. The molecule has 216 valence electrons. The van der Waals surface area contributed by atoms with Crippen molar-refractivity contribution in [3.63, 3.8) is 0 Å². The lowest BCUT2D eigenvalue weighted by atomic mass is 9.99. The summed E-state index contributed by atoms with van der Waals surface area (Å²) in [6, 6.07) is 10.2. The van der Waals surface area contributed by atoms with E-state index in [-0.39, 0.29) is 12.6 Å². The van der Waals surface area contributed by atoms with Gasteiger partial charge >= 0.3 is 12.1 Å². The van der Waals surface area contributed by atoms with Crippen molar-refractivity contribution in [2.45, 2.75) is 45.4 Å². The monoisotopic (exact) mass is 577 g/mol. The second kappa shape index (κ2) is 12.1. The minimum absolute atomic E-state index is 0.248. The molecule has 1 atom stereocenters. The molecule has 0 unspecified atom stereocenters. The molecule has 0 N–H and O–H groups in total. The molecule has 2 heterocycles. The lowest BCUT2D eigenvalue weighted by molar-refractivity contribution is 0.0245. The third-order valence-electron chi connectivity index (χ3n) is 6.85. The zero-order valence-electron chi connectivity index (χ0n) is 23.2. The predicted molar refractivity (Wildman–Crippen MR) is 149 cm³/mol. The van der Waals surface area contributed by atoms with Crippen LogP contribution in [0.15, 0.2) is 42.6 Å². The highest BCUT2D eigenvalue weighted by Gasteiger charge is 2.31. The lowest BCUT2D eigenvalue weighted by Gasteiger charge is -2.42. The molecule has 1 aliphatic heterocycles. The van der Waals surface area contributed by atoms with Gasteiger partial charge < -0.3 is 14.2 Å². The maximum atomic E-state index is 13.3. The minimum Gasteiger partial charge on any atom is -0.496 e. The van der Waals surface area contributed by atoms with Gasteiger partial charge in [0.1, 0.15) is 11.4 Å². The van der Waals surface area contributed by atoms with Gasteiger partial charge in [-0.15, -0.1) is 0 Å². The van der Waals surface area contributed by atoms with E-state index in [1.807, 2.05) is 12.1 Å². The summed E-state index contributed by atoms with van der Waals surface area (Å²) in [5, 5.41) is 1.06. The van der Waals surface area contributed by atoms with Gasteiger partial charge in [-0.25, -0.2) is 18.4 Å². The molecule has 0 radical (unpaired) electrons. The Labute approximate surface area is 237 Å². The number of ether oxygens (including phenoxy) is 3. The van der Waals surface area contributed by atoms with Crippen molar-refractivity contribution < 1.29 is 32.6 Å². The summed E-state index contributed by atoms with van der Waals surface area (Å²) in [5.74, 6) is 0.100. The Morgan fingerprint density at radius 3 is 2.40 bits per heavy atom. The molecule has 40 heavy (non-hydrogen) atoms. The number of rotatable bonds is 7. The molecule has 11 heteroatoms. The Morgan fingerprint density at radius 1 is 1.10 bits per heavy atom. The van der Waals surface area contributed by atoms with Gasteiger partial charge in [0.05, 0.1) is 36.9 Å². The lowest BCUT2D eigenvalue weighted by Crippen LogP contribution is -2.49. The van der Waals surface area contributed by atoms with E-state index >= 15 is 0 Å². The first-order chi connectivity index (χ1) is 18.9. The quantitative estimate of drug-likeness (QED) is 0.319. The van der Waals surface area contributed by atoms with Gasteiger partial charge in [-0.1, -0.05) is 23.7 Å². The molecule has 1 aliphatic rings. The van der Waals surface area contributed by atoms with Crippen LogP contribution in [0, 0.1) is 0 Å². The number of carbonyl (C=O) groups excluding carboxylic acids is 2. The van der Waals surface area contributed by atoms with Crippen LogP contribution in [0.25, 0.3) is 10.9 Å². The molecule has 1 fully saturated rings. The Morgan fingerprint density at radius 2 is 1.80 bits per heavy atom. The molecule has 0 amide bonds. The number of nitrogens with zero attached hydrogens (tertiary/aromatic N) is 3. The summed E-state index contributed by atoms with van der Waals surface area (Å²) < 4.78 is 44.0. The number of piperazine rings is 1. The van der Waals surface area contributed by atoms with Crippen molar-refractivity contribution in [2.75, 3.05) is 40.4 Å². The average molecular weight is 578 g/mol. The number of alkyl halides is 2. The number of fused-ring (bicyclic) bond motifs is 1. The van der Waals surface area contributed by atoms with Gasteiger partial charge in [0.2, 0.25) is 0 Å². The van der Waals surface area contributed by atoms with Crippen molar-refractivity contribution in [3.8, 4) is 5.75 Å². The van der Waals surface area contributed by atoms with Gasteiger partial charge in [-0.05, 0) is 44.5 Å². The Balaban J connectivity index is 1.72. The Kier molecular flexibility index (Phi) is 9.02. The molecule has 1 saturated heterocycles.